The minimum absolute atomic E-state index is 0.0292. The average molecular weight is 1060 g/mol. The summed E-state index contributed by atoms with van der Waals surface area (Å²) < 4.78 is 53.0. The van der Waals surface area contributed by atoms with Crippen LogP contribution in [0, 0.1) is 35.5 Å². The number of allylic oxidation sites excluding steroid dienone is 6. The molecule has 424 valence electrons. The van der Waals surface area contributed by atoms with Crippen LogP contribution in [0.5, 0.6) is 0 Å². The monoisotopic (exact) mass is 1060 g/mol. The van der Waals surface area contributed by atoms with Crippen molar-refractivity contribution in [3.63, 3.8) is 0 Å². The zero-order valence-electron chi connectivity index (χ0n) is 46.6. The van der Waals surface area contributed by atoms with Crippen molar-refractivity contribution in [1.29, 1.82) is 0 Å². The third-order valence-corrected chi connectivity index (χ3v) is 16.2. The van der Waals surface area contributed by atoms with Crippen LogP contribution >= 0.6 is 0 Å². The predicted octanol–water partition coefficient (Wildman–Crippen LogP) is 6.64. The maximum atomic E-state index is 14.6. The number of fused-ring (bicyclic) bond motifs is 3. The van der Waals surface area contributed by atoms with Gasteiger partial charge >= 0.3 is 5.97 Å². The Balaban J connectivity index is 1.45. The second-order valence-electron chi connectivity index (χ2n) is 22.1. The highest BCUT2D eigenvalue weighted by Gasteiger charge is 2.53. The lowest BCUT2D eigenvalue weighted by Crippen LogP contribution is -2.61. The van der Waals surface area contributed by atoms with E-state index in [0.29, 0.717) is 90.0 Å². The van der Waals surface area contributed by atoms with E-state index in [1.807, 2.05) is 58.1 Å². The summed E-state index contributed by atoms with van der Waals surface area (Å²) in [6.45, 7) is 15.7. The fraction of sp³-hybridized carbons (Fsp3) is 0.776. The Bertz CT molecular complexity index is 1980. The number of hydrogen-bond donors (Lipinski definition) is 2. The van der Waals surface area contributed by atoms with Crippen LogP contribution in [-0.4, -0.2) is 173 Å². The van der Waals surface area contributed by atoms with Gasteiger partial charge in [0.15, 0.2) is 5.78 Å². The molecular formula is C58H91NO16. The molecule has 4 aliphatic heterocycles. The summed E-state index contributed by atoms with van der Waals surface area (Å²) in [6.07, 6.45) is 12.1. The summed E-state index contributed by atoms with van der Waals surface area (Å²) in [5.41, 5.74) is 1.49. The Labute approximate surface area is 446 Å². The third-order valence-electron chi connectivity index (χ3n) is 16.2. The van der Waals surface area contributed by atoms with Gasteiger partial charge in [0.1, 0.15) is 36.2 Å². The molecule has 5 rings (SSSR count). The van der Waals surface area contributed by atoms with Crippen molar-refractivity contribution < 1.29 is 76.8 Å². The first kappa shape index (κ1) is 62.4. The van der Waals surface area contributed by atoms with Crippen LogP contribution in [0.25, 0.3) is 0 Å². The number of ether oxygens (including phenoxy) is 9. The number of aliphatic hydroxyl groups excluding tert-OH is 1. The molecule has 4 heterocycles. The highest BCUT2D eigenvalue weighted by atomic mass is 16.6. The van der Waals surface area contributed by atoms with E-state index in [-0.39, 0.29) is 79.9 Å². The summed E-state index contributed by atoms with van der Waals surface area (Å²) >= 11 is 0. The van der Waals surface area contributed by atoms with Gasteiger partial charge in [-0.15, -0.1) is 0 Å². The summed E-state index contributed by atoms with van der Waals surface area (Å²) in [4.78, 5) is 73.1. The Kier molecular flexibility index (Phi) is 25.4. The van der Waals surface area contributed by atoms with Gasteiger partial charge in [0.2, 0.25) is 5.79 Å². The fourth-order valence-corrected chi connectivity index (χ4v) is 11.3. The second-order valence-corrected chi connectivity index (χ2v) is 22.1. The van der Waals surface area contributed by atoms with Crippen molar-refractivity contribution in [1.82, 2.24) is 4.90 Å². The highest BCUT2D eigenvalue weighted by Crippen LogP contribution is 2.38. The van der Waals surface area contributed by atoms with Crippen LogP contribution in [0.15, 0.2) is 47.6 Å². The molecular weight excluding hydrogens is 967 g/mol. The molecule has 3 saturated heterocycles. The van der Waals surface area contributed by atoms with Crippen LogP contribution in [-0.2, 0) is 66.6 Å². The Morgan fingerprint density at radius 2 is 1.52 bits per heavy atom. The second kappa shape index (κ2) is 30.6. The summed E-state index contributed by atoms with van der Waals surface area (Å²) in [5, 5.41) is 22.8. The molecule has 1 saturated carbocycles. The standard InChI is InChI=1S/C58H91NO16/c1-36-16-12-11-13-17-37(2)49(73-27-25-70-24-26-72-45-34-71-35-45)32-44-21-19-42(7)58(66,75-44)55(63)56(64)59-23-15-14-18-46(59)57(65)74-50(39(4)30-43-20-22-47(60)51(31-43)67-8)33-48(61)38(3)29-41(6)53(68-9)54(69-10)52(62)40(5)28-36/h11-13,16-17,29,36,38-40,42-47,49-51,53-54,60,66H,14-15,18-28,30-35H2,1-10H3/t36-,38-,39-,40-,42-,43+,44+,46+,47-,49?,50+,51-,53-,54+,58-/m1/s1. The van der Waals surface area contributed by atoms with E-state index < -0.39 is 77.9 Å². The van der Waals surface area contributed by atoms with Gasteiger partial charge in [0.05, 0.1) is 64.1 Å². The molecule has 0 aromatic heterocycles. The van der Waals surface area contributed by atoms with E-state index in [4.69, 9.17) is 42.6 Å². The molecule has 17 heteroatoms. The summed E-state index contributed by atoms with van der Waals surface area (Å²) in [5.74, 6) is -7.71. The van der Waals surface area contributed by atoms with E-state index in [9.17, 15) is 34.2 Å². The first-order valence-electron chi connectivity index (χ1n) is 27.7. The van der Waals surface area contributed by atoms with Crippen molar-refractivity contribution in [2.45, 2.75) is 186 Å². The minimum Gasteiger partial charge on any atom is -0.460 e. The predicted molar refractivity (Wildman–Crippen MR) is 280 cm³/mol. The molecule has 1 unspecified atom stereocenters. The molecule has 0 aromatic rings. The van der Waals surface area contributed by atoms with Gasteiger partial charge < -0.3 is 57.7 Å². The number of carbonyl (C=O) groups excluding carboxylic acids is 5. The van der Waals surface area contributed by atoms with Crippen molar-refractivity contribution >= 4 is 29.2 Å². The van der Waals surface area contributed by atoms with Crippen LogP contribution in [0.4, 0.5) is 0 Å². The molecule has 5 aliphatic rings. The number of piperidine rings is 1. The zero-order valence-corrected chi connectivity index (χ0v) is 46.6. The Hall–Kier alpha value is -3.49. The van der Waals surface area contributed by atoms with E-state index in [2.05, 4.69) is 0 Å². The molecule has 2 N–H and O–H groups in total. The van der Waals surface area contributed by atoms with Gasteiger partial charge in [-0.3, -0.25) is 19.2 Å². The number of amides is 1. The van der Waals surface area contributed by atoms with Crippen molar-refractivity contribution in [2.75, 3.05) is 67.5 Å². The quantitative estimate of drug-likeness (QED) is 0.0808. The van der Waals surface area contributed by atoms with Gasteiger partial charge in [-0.25, -0.2) is 4.79 Å². The number of Topliss-reactive ketones (excluding diaryl/α,β-unsaturated/α-hetero) is 3. The molecule has 75 heavy (non-hydrogen) atoms. The first-order valence-corrected chi connectivity index (χ1v) is 27.7. The number of hydrogen-bond acceptors (Lipinski definition) is 16. The van der Waals surface area contributed by atoms with Crippen molar-refractivity contribution in [3.8, 4) is 0 Å². The molecule has 15 atom stereocenters. The molecule has 0 spiro atoms. The number of methoxy groups -OCH3 is 3. The van der Waals surface area contributed by atoms with E-state index in [0.717, 1.165) is 12.0 Å². The van der Waals surface area contributed by atoms with Crippen LogP contribution in [0.1, 0.15) is 126 Å². The molecule has 1 amide bonds. The maximum absolute atomic E-state index is 14.6. The van der Waals surface area contributed by atoms with Crippen LogP contribution in [0.3, 0.4) is 0 Å². The smallest absolute Gasteiger partial charge is 0.329 e. The zero-order chi connectivity index (χ0) is 54.8. The van der Waals surface area contributed by atoms with Gasteiger partial charge in [-0.2, -0.15) is 0 Å². The molecule has 17 nitrogen and oxygen atoms in total. The Morgan fingerprint density at radius 3 is 2.20 bits per heavy atom. The normalized spacial score (nSPS) is 35.5. The number of rotatable bonds is 14. The molecule has 4 fully saturated rings. The van der Waals surface area contributed by atoms with E-state index >= 15 is 0 Å². The highest BCUT2D eigenvalue weighted by molar-refractivity contribution is 6.39. The average Bonchev–Trinajstić information content (AvgIpc) is 3.37. The largest absolute Gasteiger partial charge is 0.460 e. The topological polar surface area (TPSA) is 212 Å². The summed E-state index contributed by atoms with van der Waals surface area (Å²) in [7, 11) is 4.56. The maximum Gasteiger partial charge on any atom is 0.329 e. The number of carbonyl (C=O) groups is 5. The lowest BCUT2D eigenvalue weighted by molar-refractivity contribution is -0.266. The lowest BCUT2D eigenvalue weighted by atomic mass is 9.78. The summed E-state index contributed by atoms with van der Waals surface area (Å²) in [6, 6.07) is -1.15. The number of esters is 1. The SMILES string of the molecule is CO[C@@H]1C(C)=C[C@@H](C)C(=O)C[C@@H]([C@H](C)C[C@@H]2CC[C@@H](O)[C@H](OC)C2)OC(=O)[C@@H]2CCCCN2C(=O)C(=O)[C@]2(O)O[C@@H](CC[C@H]2C)CC(OCCOCCOC2COC2)C(C)=CC=CC=C[C@@H](C)C[C@@H](C)C(=O)[C@@H]1OC. The number of nitrogens with zero attached hydrogens (tertiary/aromatic N) is 1. The Morgan fingerprint density at radius 1 is 0.800 bits per heavy atom. The molecule has 1 aliphatic carbocycles. The van der Waals surface area contributed by atoms with E-state index in [1.165, 1.54) is 19.1 Å². The van der Waals surface area contributed by atoms with Gasteiger partial charge in [-0.05, 0) is 107 Å². The first-order chi connectivity index (χ1) is 35.8. The molecule has 0 aromatic carbocycles. The van der Waals surface area contributed by atoms with Crippen LogP contribution in [0.2, 0.25) is 0 Å². The van der Waals surface area contributed by atoms with E-state index in [1.54, 1.807) is 34.0 Å². The number of aliphatic hydroxyl groups is 2. The van der Waals surface area contributed by atoms with Gasteiger partial charge in [0, 0.05) is 58.5 Å². The molecule has 0 radical (unpaired) electrons. The van der Waals surface area contributed by atoms with Gasteiger partial charge in [-0.1, -0.05) is 71.1 Å². The van der Waals surface area contributed by atoms with Crippen molar-refractivity contribution in [2.24, 2.45) is 35.5 Å². The van der Waals surface area contributed by atoms with Crippen molar-refractivity contribution in [3.05, 3.63) is 47.6 Å². The number of cyclic esters (lactones) is 1. The lowest BCUT2D eigenvalue weighted by Gasteiger charge is -2.43. The number of ketones is 3. The van der Waals surface area contributed by atoms with Crippen LogP contribution < -0.4 is 0 Å². The van der Waals surface area contributed by atoms with Gasteiger partial charge in [0.25, 0.3) is 11.7 Å². The fourth-order valence-electron chi connectivity index (χ4n) is 11.3. The third kappa shape index (κ3) is 17.8. The molecule has 2 bridgehead atoms. The minimum atomic E-state index is -2.47.